The summed E-state index contributed by atoms with van der Waals surface area (Å²) in [5, 5.41) is 0. The zero-order chi connectivity index (χ0) is 17.2. The monoisotopic (exact) mass is 340 g/mol. The minimum Gasteiger partial charge on any atom is -0.364 e. The lowest BCUT2D eigenvalue weighted by atomic mass is 10.1. The summed E-state index contributed by atoms with van der Waals surface area (Å²) in [5.41, 5.74) is 0.860. The number of anilines is 1. The third kappa shape index (κ3) is 3.15. The highest BCUT2D eigenvalue weighted by atomic mass is 16.5. The lowest BCUT2D eigenvalue weighted by Crippen LogP contribution is -2.54. The van der Waals surface area contributed by atoms with Gasteiger partial charge in [-0.25, -0.2) is 4.98 Å². The number of amides is 2. The minimum absolute atomic E-state index is 0.0554. The van der Waals surface area contributed by atoms with Gasteiger partial charge in [0.25, 0.3) is 5.91 Å². The summed E-state index contributed by atoms with van der Waals surface area (Å²) in [6, 6.07) is 9.47. The number of ether oxygens (including phenoxy) is 1. The van der Waals surface area contributed by atoms with E-state index in [1.165, 1.54) is 0 Å². The number of imidazole rings is 1. The molecule has 2 aliphatic rings. The second-order valence-corrected chi connectivity index (χ2v) is 6.37. The van der Waals surface area contributed by atoms with Crippen LogP contribution in [0.2, 0.25) is 0 Å². The van der Waals surface area contributed by atoms with Crippen LogP contribution in [0.5, 0.6) is 0 Å². The highest BCUT2D eigenvalue weighted by Gasteiger charge is 2.44. The first-order chi connectivity index (χ1) is 12.2. The predicted molar refractivity (Wildman–Crippen MR) is 90.9 cm³/mol. The van der Waals surface area contributed by atoms with Crippen LogP contribution in [0.4, 0.5) is 5.69 Å². The number of hydrogen-bond acceptors (Lipinski definition) is 4. The van der Waals surface area contributed by atoms with Crippen LogP contribution in [0, 0.1) is 0 Å². The van der Waals surface area contributed by atoms with E-state index in [4.69, 9.17) is 4.74 Å². The van der Waals surface area contributed by atoms with E-state index in [0.717, 1.165) is 5.69 Å². The molecule has 130 valence electrons. The third-order valence-corrected chi connectivity index (χ3v) is 4.79. The van der Waals surface area contributed by atoms with Gasteiger partial charge in [-0.1, -0.05) is 18.2 Å². The van der Waals surface area contributed by atoms with Crippen LogP contribution < -0.4 is 4.90 Å². The molecule has 25 heavy (non-hydrogen) atoms. The third-order valence-electron chi connectivity index (χ3n) is 4.79. The highest BCUT2D eigenvalue weighted by Crippen LogP contribution is 2.28. The molecule has 7 heteroatoms. The van der Waals surface area contributed by atoms with Crippen LogP contribution in [0.15, 0.2) is 49.1 Å². The Balaban J connectivity index is 1.45. The molecular weight excluding hydrogens is 320 g/mol. The molecule has 1 aromatic carbocycles. The van der Waals surface area contributed by atoms with Crippen molar-refractivity contribution >= 4 is 17.5 Å². The van der Waals surface area contributed by atoms with Crippen molar-refractivity contribution in [1.29, 1.82) is 0 Å². The number of carbonyl (C=O) groups is 2. The number of nitrogens with zero attached hydrogens (tertiary/aromatic N) is 4. The summed E-state index contributed by atoms with van der Waals surface area (Å²) < 4.78 is 7.58. The smallest absolute Gasteiger partial charge is 0.253 e. The largest absolute Gasteiger partial charge is 0.364 e. The molecule has 3 heterocycles. The number of morpholine rings is 1. The SMILES string of the molecule is O=C(CCn1ccnc1)N1C[C@@H]2OCC(=O)N(c3ccccc3)[C@H]2C1. The summed E-state index contributed by atoms with van der Waals surface area (Å²) in [5.74, 6) is 0.0207. The molecule has 0 spiro atoms. The van der Waals surface area contributed by atoms with Gasteiger partial charge in [0.2, 0.25) is 5.91 Å². The molecule has 2 amide bonds. The molecule has 2 atom stereocenters. The van der Waals surface area contributed by atoms with Crippen LogP contribution in [0.3, 0.4) is 0 Å². The molecule has 2 saturated heterocycles. The van der Waals surface area contributed by atoms with E-state index in [1.54, 1.807) is 22.3 Å². The van der Waals surface area contributed by atoms with E-state index < -0.39 is 0 Å². The number of aromatic nitrogens is 2. The number of benzene rings is 1. The summed E-state index contributed by atoms with van der Waals surface area (Å²) in [6.45, 7) is 1.71. The van der Waals surface area contributed by atoms with Crippen LogP contribution >= 0.6 is 0 Å². The maximum absolute atomic E-state index is 12.5. The van der Waals surface area contributed by atoms with Crippen molar-refractivity contribution in [2.45, 2.75) is 25.1 Å². The Morgan fingerprint density at radius 2 is 2.08 bits per heavy atom. The zero-order valence-electron chi connectivity index (χ0n) is 13.8. The first-order valence-corrected chi connectivity index (χ1v) is 8.44. The molecule has 2 aromatic rings. The Labute approximate surface area is 145 Å². The fourth-order valence-corrected chi connectivity index (χ4v) is 3.53. The van der Waals surface area contributed by atoms with Crippen molar-refractivity contribution in [1.82, 2.24) is 14.5 Å². The van der Waals surface area contributed by atoms with Crippen molar-refractivity contribution in [2.75, 3.05) is 24.6 Å². The van der Waals surface area contributed by atoms with Crippen LogP contribution in [0.25, 0.3) is 0 Å². The first-order valence-electron chi connectivity index (χ1n) is 8.44. The number of likely N-dealkylation sites (tertiary alicyclic amines) is 1. The van der Waals surface area contributed by atoms with Gasteiger partial charge in [0.15, 0.2) is 0 Å². The maximum atomic E-state index is 12.5. The number of hydrogen-bond donors (Lipinski definition) is 0. The standard InChI is InChI=1S/C18H20N4O3/c23-17(6-8-20-9-7-19-13-20)21-10-15-16(11-21)25-12-18(24)22(15)14-4-2-1-3-5-14/h1-5,7,9,13,15-16H,6,8,10-12H2/t15-,16-/m0/s1. The topological polar surface area (TPSA) is 67.7 Å². The first kappa shape index (κ1) is 15.8. The van der Waals surface area contributed by atoms with E-state index in [1.807, 2.05) is 41.1 Å². The number of rotatable bonds is 4. The minimum atomic E-state index is -0.130. The van der Waals surface area contributed by atoms with Crippen molar-refractivity contribution in [3.8, 4) is 0 Å². The van der Waals surface area contributed by atoms with Crippen molar-refractivity contribution in [3.63, 3.8) is 0 Å². The number of fused-ring (bicyclic) bond motifs is 1. The molecule has 0 saturated carbocycles. The molecule has 2 fully saturated rings. The van der Waals surface area contributed by atoms with Gasteiger partial charge in [0, 0.05) is 44.1 Å². The molecule has 4 rings (SSSR count). The number of carbonyl (C=O) groups excluding carboxylic acids is 2. The van der Waals surface area contributed by atoms with E-state index in [0.29, 0.717) is 26.1 Å². The molecule has 0 radical (unpaired) electrons. The van der Waals surface area contributed by atoms with Crippen LogP contribution in [0.1, 0.15) is 6.42 Å². The van der Waals surface area contributed by atoms with Crippen molar-refractivity contribution in [2.24, 2.45) is 0 Å². The second kappa shape index (κ2) is 6.68. The fourth-order valence-electron chi connectivity index (χ4n) is 3.53. The Morgan fingerprint density at radius 3 is 2.84 bits per heavy atom. The highest BCUT2D eigenvalue weighted by molar-refractivity contribution is 5.96. The molecule has 2 aliphatic heterocycles. The molecule has 0 unspecified atom stereocenters. The van der Waals surface area contributed by atoms with Crippen molar-refractivity contribution in [3.05, 3.63) is 49.1 Å². The van der Waals surface area contributed by atoms with Gasteiger partial charge in [0.05, 0.1) is 18.5 Å². The van der Waals surface area contributed by atoms with Gasteiger partial charge in [-0.3, -0.25) is 9.59 Å². The van der Waals surface area contributed by atoms with Crippen LogP contribution in [-0.4, -0.2) is 58.1 Å². The van der Waals surface area contributed by atoms with Gasteiger partial charge in [-0.2, -0.15) is 0 Å². The van der Waals surface area contributed by atoms with Gasteiger partial charge in [-0.05, 0) is 12.1 Å². The van der Waals surface area contributed by atoms with Gasteiger partial charge in [0.1, 0.15) is 6.61 Å². The lowest BCUT2D eigenvalue weighted by molar-refractivity contribution is -0.131. The van der Waals surface area contributed by atoms with E-state index >= 15 is 0 Å². The molecule has 7 nitrogen and oxygen atoms in total. The average molecular weight is 340 g/mol. The lowest BCUT2D eigenvalue weighted by Gasteiger charge is -2.36. The van der Waals surface area contributed by atoms with E-state index in [2.05, 4.69) is 4.98 Å². The molecule has 1 aromatic heterocycles. The molecule has 0 bridgehead atoms. The number of aryl methyl sites for hydroxylation is 1. The Kier molecular flexibility index (Phi) is 4.23. The second-order valence-electron chi connectivity index (χ2n) is 6.37. The summed E-state index contributed by atoms with van der Waals surface area (Å²) in [6.07, 6.45) is 5.53. The summed E-state index contributed by atoms with van der Waals surface area (Å²) >= 11 is 0. The number of para-hydroxylation sites is 1. The fraction of sp³-hybridized carbons (Fsp3) is 0.389. The maximum Gasteiger partial charge on any atom is 0.253 e. The van der Waals surface area contributed by atoms with Gasteiger partial charge in [-0.15, -0.1) is 0 Å². The zero-order valence-corrected chi connectivity index (χ0v) is 13.8. The van der Waals surface area contributed by atoms with E-state index in [-0.39, 0.29) is 30.6 Å². The molecule has 0 aliphatic carbocycles. The average Bonchev–Trinajstić information content (AvgIpc) is 3.30. The molecule has 0 N–H and O–H groups in total. The van der Waals surface area contributed by atoms with Gasteiger partial charge >= 0.3 is 0 Å². The Morgan fingerprint density at radius 1 is 1.24 bits per heavy atom. The Hall–Kier alpha value is -2.67. The van der Waals surface area contributed by atoms with Crippen LogP contribution in [-0.2, 0) is 20.9 Å². The quantitative estimate of drug-likeness (QED) is 0.830. The van der Waals surface area contributed by atoms with Gasteiger partial charge < -0.3 is 19.1 Å². The predicted octanol–water partition coefficient (Wildman–Crippen LogP) is 0.916. The molecular formula is C18H20N4O3. The van der Waals surface area contributed by atoms with E-state index in [9.17, 15) is 9.59 Å². The Bertz CT molecular complexity index is 747. The normalized spacial score (nSPS) is 23.0. The summed E-state index contributed by atoms with van der Waals surface area (Å²) in [7, 11) is 0. The van der Waals surface area contributed by atoms with Crippen molar-refractivity contribution < 1.29 is 14.3 Å². The summed E-state index contributed by atoms with van der Waals surface area (Å²) in [4.78, 5) is 32.5.